The van der Waals surface area contributed by atoms with Crippen molar-refractivity contribution in [3.05, 3.63) is 46.8 Å². The Morgan fingerprint density at radius 2 is 2.18 bits per heavy atom. The third-order valence-corrected chi connectivity index (χ3v) is 2.17. The van der Waals surface area contributed by atoms with Crippen LogP contribution in [-0.4, -0.2) is 15.9 Å². The lowest BCUT2D eigenvalue weighted by Crippen LogP contribution is -2.16. The molecule has 1 aromatic carbocycles. The highest BCUT2D eigenvalue weighted by Crippen LogP contribution is 2.07. The summed E-state index contributed by atoms with van der Waals surface area (Å²) in [5.74, 6) is -0.178. The van der Waals surface area contributed by atoms with Gasteiger partial charge in [0.1, 0.15) is 0 Å². The van der Waals surface area contributed by atoms with Crippen LogP contribution in [0.25, 0.3) is 10.9 Å². The zero-order valence-corrected chi connectivity index (χ0v) is 9.23. The first-order valence-corrected chi connectivity index (χ1v) is 5.13. The molecule has 0 bridgehead atoms. The molecule has 0 saturated carbocycles. The van der Waals surface area contributed by atoms with Crippen molar-refractivity contribution < 1.29 is 4.79 Å². The van der Waals surface area contributed by atoms with Crippen LogP contribution in [0.2, 0.25) is 0 Å². The van der Waals surface area contributed by atoms with E-state index in [9.17, 15) is 9.59 Å². The molecule has 1 aromatic heterocycles. The molecule has 17 heavy (non-hydrogen) atoms. The van der Waals surface area contributed by atoms with Gasteiger partial charge in [0.25, 0.3) is 5.56 Å². The average Bonchev–Trinajstić information content (AvgIpc) is 2.29. The van der Waals surface area contributed by atoms with Gasteiger partial charge in [0, 0.05) is 0 Å². The van der Waals surface area contributed by atoms with Crippen LogP contribution >= 0.6 is 0 Å². The smallest absolute Gasteiger partial charge is 0.260 e. The SMILES string of the molecule is CC=CC(=O)Nc1nc2ccccc2c(=O)[nH]1. The fourth-order valence-corrected chi connectivity index (χ4v) is 1.46. The molecule has 5 nitrogen and oxygen atoms in total. The normalized spacial score (nSPS) is 10.9. The van der Waals surface area contributed by atoms with Crippen LogP contribution in [0.1, 0.15) is 6.92 Å². The number of aromatic amines is 1. The van der Waals surface area contributed by atoms with Crippen molar-refractivity contribution >= 4 is 22.8 Å². The van der Waals surface area contributed by atoms with E-state index in [0.717, 1.165) is 0 Å². The molecule has 0 unspecified atom stereocenters. The number of nitrogens with zero attached hydrogens (tertiary/aromatic N) is 1. The Morgan fingerprint density at radius 1 is 1.41 bits per heavy atom. The molecular formula is C12H11N3O2. The van der Waals surface area contributed by atoms with Crippen molar-refractivity contribution in [3.8, 4) is 0 Å². The van der Waals surface area contributed by atoms with E-state index in [1.54, 1.807) is 37.3 Å². The standard InChI is InChI=1S/C12H11N3O2/c1-2-5-10(16)14-12-13-9-7-4-3-6-8(9)11(17)15-12/h2-7H,1H3,(H2,13,14,15,16,17). The zero-order valence-electron chi connectivity index (χ0n) is 9.23. The number of benzene rings is 1. The lowest BCUT2D eigenvalue weighted by atomic mass is 10.2. The molecule has 0 fully saturated rings. The number of rotatable bonds is 2. The summed E-state index contributed by atoms with van der Waals surface area (Å²) in [7, 11) is 0. The highest BCUT2D eigenvalue weighted by Gasteiger charge is 2.04. The molecule has 2 N–H and O–H groups in total. The fourth-order valence-electron chi connectivity index (χ4n) is 1.46. The van der Waals surface area contributed by atoms with Gasteiger partial charge in [0.15, 0.2) is 0 Å². The highest BCUT2D eigenvalue weighted by atomic mass is 16.2. The van der Waals surface area contributed by atoms with E-state index < -0.39 is 0 Å². The summed E-state index contributed by atoms with van der Waals surface area (Å²) >= 11 is 0. The van der Waals surface area contributed by atoms with Gasteiger partial charge < -0.3 is 0 Å². The van der Waals surface area contributed by atoms with Crippen LogP contribution < -0.4 is 10.9 Å². The van der Waals surface area contributed by atoms with E-state index in [2.05, 4.69) is 15.3 Å². The Hall–Kier alpha value is -2.43. The maximum atomic E-state index is 11.7. The first-order chi connectivity index (χ1) is 8.20. The Labute approximate surface area is 97.2 Å². The first-order valence-electron chi connectivity index (χ1n) is 5.13. The molecule has 2 rings (SSSR count). The van der Waals surface area contributed by atoms with Crippen LogP contribution in [0.15, 0.2) is 41.2 Å². The number of amides is 1. The summed E-state index contributed by atoms with van der Waals surface area (Å²) in [6, 6.07) is 6.94. The maximum absolute atomic E-state index is 11.7. The first kappa shape index (κ1) is 11.1. The summed E-state index contributed by atoms with van der Waals surface area (Å²) in [6.07, 6.45) is 2.96. The second-order valence-electron chi connectivity index (χ2n) is 3.42. The zero-order chi connectivity index (χ0) is 12.3. The number of nitrogens with one attached hydrogen (secondary N) is 2. The molecular weight excluding hydrogens is 218 g/mol. The molecule has 0 radical (unpaired) electrons. The summed E-state index contributed by atoms with van der Waals surface area (Å²) in [5, 5.41) is 2.98. The number of H-pyrrole nitrogens is 1. The molecule has 0 atom stereocenters. The molecule has 0 saturated heterocycles. The molecule has 1 amide bonds. The highest BCUT2D eigenvalue weighted by molar-refractivity contribution is 5.98. The molecule has 0 spiro atoms. The number of anilines is 1. The largest absolute Gasteiger partial charge is 0.292 e. The third-order valence-electron chi connectivity index (χ3n) is 2.17. The van der Waals surface area contributed by atoms with Gasteiger partial charge in [-0.05, 0) is 25.1 Å². The van der Waals surface area contributed by atoms with Crippen LogP contribution in [-0.2, 0) is 4.79 Å². The number of para-hydroxylation sites is 1. The number of carbonyl (C=O) groups excluding carboxylic acids is 1. The second-order valence-corrected chi connectivity index (χ2v) is 3.42. The summed E-state index contributed by atoms with van der Waals surface area (Å²) < 4.78 is 0. The van der Waals surface area contributed by atoms with Gasteiger partial charge in [0.2, 0.25) is 11.9 Å². The molecule has 0 aliphatic rings. The van der Waals surface area contributed by atoms with Crippen molar-refractivity contribution in [1.29, 1.82) is 0 Å². The van der Waals surface area contributed by atoms with Gasteiger partial charge in [-0.25, -0.2) is 4.98 Å². The third kappa shape index (κ3) is 2.39. The predicted molar refractivity (Wildman–Crippen MR) is 65.8 cm³/mol. The lowest BCUT2D eigenvalue weighted by Gasteiger charge is -2.02. The van der Waals surface area contributed by atoms with Gasteiger partial charge in [-0.1, -0.05) is 18.2 Å². The molecule has 0 aliphatic heterocycles. The molecule has 86 valence electrons. The van der Waals surface area contributed by atoms with Gasteiger partial charge in [-0.2, -0.15) is 0 Å². The van der Waals surface area contributed by atoms with Gasteiger partial charge in [-0.15, -0.1) is 0 Å². The van der Waals surface area contributed by atoms with E-state index >= 15 is 0 Å². The van der Waals surface area contributed by atoms with E-state index in [-0.39, 0.29) is 17.4 Å². The van der Waals surface area contributed by atoms with Gasteiger partial charge >= 0.3 is 0 Å². The summed E-state index contributed by atoms with van der Waals surface area (Å²) in [5.41, 5.74) is 0.276. The number of aromatic nitrogens is 2. The number of carbonyl (C=O) groups is 1. The van der Waals surface area contributed by atoms with Crippen molar-refractivity contribution in [2.24, 2.45) is 0 Å². The van der Waals surface area contributed by atoms with Crippen LogP contribution in [0, 0.1) is 0 Å². The Kier molecular flexibility index (Phi) is 3.00. The molecule has 1 heterocycles. The van der Waals surface area contributed by atoms with E-state index in [1.165, 1.54) is 6.08 Å². The topological polar surface area (TPSA) is 74.8 Å². The molecule has 5 heteroatoms. The quantitative estimate of drug-likeness (QED) is 0.765. The van der Waals surface area contributed by atoms with Crippen LogP contribution in [0.5, 0.6) is 0 Å². The number of hydrogen-bond acceptors (Lipinski definition) is 3. The summed E-state index contributed by atoms with van der Waals surface area (Å²) in [4.78, 5) is 29.6. The minimum Gasteiger partial charge on any atom is -0.292 e. The van der Waals surface area contributed by atoms with E-state index in [0.29, 0.717) is 10.9 Å². The Balaban J connectivity index is 2.44. The predicted octanol–water partition coefficient (Wildman–Crippen LogP) is 1.44. The monoisotopic (exact) mass is 229 g/mol. The van der Waals surface area contributed by atoms with Crippen molar-refractivity contribution in [3.63, 3.8) is 0 Å². The summed E-state index contributed by atoms with van der Waals surface area (Å²) in [6.45, 7) is 1.73. The minimum atomic E-state index is -0.328. The van der Waals surface area contributed by atoms with E-state index in [4.69, 9.17) is 0 Å². The van der Waals surface area contributed by atoms with Crippen LogP contribution in [0.3, 0.4) is 0 Å². The number of hydrogen-bond donors (Lipinski definition) is 2. The van der Waals surface area contributed by atoms with Gasteiger partial charge in [-0.3, -0.25) is 19.9 Å². The Morgan fingerprint density at radius 3 is 2.94 bits per heavy atom. The fraction of sp³-hybridized carbons (Fsp3) is 0.0833. The van der Waals surface area contributed by atoms with Crippen molar-refractivity contribution in [2.75, 3.05) is 5.32 Å². The number of fused-ring (bicyclic) bond motifs is 1. The maximum Gasteiger partial charge on any atom is 0.260 e. The van der Waals surface area contributed by atoms with Crippen molar-refractivity contribution in [2.45, 2.75) is 6.92 Å². The lowest BCUT2D eigenvalue weighted by molar-refractivity contribution is -0.111. The second kappa shape index (κ2) is 4.61. The molecule has 2 aromatic rings. The number of allylic oxidation sites excluding steroid dienone is 1. The average molecular weight is 229 g/mol. The van der Waals surface area contributed by atoms with Gasteiger partial charge in [0.05, 0.1) is 10.9 Å². The van der Waals surface area contributed by atoms with Crippen molar-refractivity contribution in [1.82, 2.24) is 9.97 Å². The van der Waals surface area contributed by atoms with E-state index in [1.807, 2.05) is 0 Å². The molecule has 0 aliphatic carbocycles. The van der Waals surface area contributed by atoms with Crippen LogP contribution in [0.4, 0.5) is 5.95 Å². The minimum absolute atomic E-state index is 0.150. The Bertz CT molecular complexity index is 643.